The van der Waals surface area contributed by atoms with E-state index in [0.717, 1.165) is 57.3 Å². The number of ether oxygens (including phenoxy) is 1. The van der Waals surface area contributed by atoms with E-state index in [2.05, 4.69) is 5.32 Å². The summed E-state index contributed by atoms with van der Waals surface area (Å²) in [6, 6.07) is 7.55. The molecule has 3 rings (SSSR count). The van der Waals surface area contributed by atoms with E-state index < -0.39 is 0 Å². The molecule has 2 amide bonds. The van der Waals surface area contributed by atoms with Crippen molar-refractivity contribution < 1.29 is 14.3 Å². The molecule has 0 aromatic heterocycles. The van der Waals surface area contributed by atoms with Gasteiger partial charge in [-0.25, -0.2) is 0 Å². The zero-order valence-corrected chi connectivity index (χ0v) is 15.9. The van der Waals surface area contributed by atoms with Gasteiger partial charge in [0.05, 0.1) is 11.8 Å². The first-order valence-corrected chi connectivity index (χ1v) is 9.90. The highest BCUT2D eigenvalue weighted by molar-refractivity contribution is 5.94. The molecule has 2 fully saturated rings. The molecule has 0 spiro atoms. The number of hydrogen-bond acceptors (Lipinski definition) is 3. The molecule has 142 valence electrons. The molecule has 1 aliphatic carbocycles. The van der Waals surface area contributed by atoms with E-state index in [9.17, 15) is 9.59 Å². The Morgan fingerprint density at radius 2 is 1.65 bits per heavy atom. The summed E-state index contributed by atoms with van der Waals surface area (Å²) in [7, 11) is 0. The zero-order chi connectivity index (χ0) is 18.5. The lowest BCUT2D eigenvalue weighted by Crippen LogP contribution is -2.37. The first-order valence-electron chi connectivity index (χ1n) is 9.90. The van der Waals surface area contributed by atoms with E-state index in [1.807, 2.05) is 43.0 Å². The quantitative estimate of drug-likeness (QED) is 0.870. The second-order valence-corrected chi connectivity index (χ2v) is 7.73. The lowest BCUT2D eigenvalue weighted by molar-refractivity contribution is -0.136. The van der Waals surface area contributed by atoms with Gasteiger partial charge in [-0.15, -0.1) is 0 Å². The van der Waals surface area contributed by atoms with Crippen molar-refractivity contribution in [2.45, 2.75) is 58.5 Å². The number of carbonyl (C=O) groups excluding carboxylic acids is 2. The van der Waals surface area contributed by atoms with Gasteiger partial charge >= 0.3 is 0 Å². The Bertz CT molecular complexity index is 630. The Morgan fingerprint density at radius 3 is 2.31 bits per heavy atom. The Morgan fingerprint density at radius 1 is 1.04 bits per heavy atom. The number of anilines is 1. The topological polar surface area (TPSA) is 58.6 Å². The highest BCUT2D eigenvalue weighted by Gasteiger charge is 2.33. The lowest BCUT2D eigenvalue weighted by atomic mass is 9.81. The minimum atomic E-state index is -0.0234. The van der Waals surface area contributed by atoms with Crippen LogP contribution in [0, 0.1) is 11.8 Å². The first kappa shape index (κ1) is 18.7. The maximum atomic E-state index is 12.7. The monoisotopic (exact) mass is 358 g/mol. The third-order valence-corrected chi connectivity index (χ3v) is 5.37. The summed E-state index contributed by atoms with van der Waals surface area (Å²) in [6.07, 6.45) is 5.50. The van der Waals surface area contributed by atoms with Crippen molar-refractivity contribution in [1.82, 2.24) is 4.90 Å². The van der Waals surface area contributed by atoms with Crippen LogP contribution in [-0.4, -0.2) is 35.9 Å². The molecular formula is C21H30N2O3. The molecule has 1 heterocycles. The predicted octanol–water partition coefficient (Wildman–Crippen LogP) is 3.84. The van der Waals surface area contributed by atoms with Crippen LogP contribution in [0.15, 0.2) is 24.3 Å². The van der Waals surface area contributed by atoms with Crippen molar-refractivity contribution in [2.24, 2.45) is 11.8 Å². The normalized spacial score (nSPS) is 23.1. The van der Waals surface area contributed by atoms with Crippen molar-refractivity contribution in [2.75, 3.05) is 18.4 Å². The van der Waals surface area contributed by atoms with Crippen LogP contribution in [0.5, 0.6) is 5.75 Å². The summed E-state index contributed by atoms with van der Waals surface area (Å²) >= 11 is 0. The molecule has 2 aliphatic rings. The van der Waals surface area contributed by atoms with Crippen LogP contribution in [0.3, 0.4) is 0 Å². The minimum absolute atomic E-state index is 0.0234. The maximum absolute atomic E-state index is 12.7. The molecule has 1 aliphatic heterocycles. The van der Waals surface area contributed by atoms with E-state index in [4.69, 9.17) is 4.74 Å². The number of likely N-dealkylation sites (tertiary alicyclic amines) is 1. The average Bonchev–Trinajstić information content (AvgIpc) is 3.17. The molecule has 1 aromatic rings. The third-order valence-electron chi connectivity index (χ3n) is 5.37. The van der Waals surface area contributed by atoms with E-state index in [1.54, 1.807) is 0 Å². The molecule has 1 saturated heterocycles. The largest absolute Gasteiger partial charge is 0.489 e. The summed E-state index contributed by atoms with van der Waals surface area (Å²) in [5.41, 5.74) is 0.724. The van der Waals surface area contributed by atoms with Gasteiger partial charge in [0, 0.05) is 24.9 Å². The fourth-order valence-corrected chi connectivity index (χ4v) is 3.96. The number of nitrogens with one attached hydrogen (secondary N) is 1. The van der Waals surface area contributed by atoms with E-state index in [1.165, 1.54) is 0 Å². The first-order chi connectivity index (χ1) is 12.5. The summed E-state index contributed by atoms with van der Waals surface area (Å²) in [4.78, 5) is 27.2. The van der Waals surface area contributed by atoms with Gasteiger partial charge in [-0.05, 0) is 64.5 Å². The van der Waals surface area contributed by atoms with Gasteiger partial charge in [0.25, 0.3) is 0 Å². The lowest BCUT2D eigenvalue weighted by Gasteiger charge is -2.30. The van der Waals surface area contributed by atoms with Crippen LogP contribution in [0.25, 0.3) is 0 Å². The third kappa shape index (κ3) is 4.57. The molecule has 0 radical (unpaired) electrons. The summed E-state index contributed by atoms with van der Waals surface area (Å²) in [5.74, 6) is 1.13. The van der Waals surface area contributed by atoms with Crippen LogP contribution >= 0.6 is 0 Å². The fourth-order valence-electron chi connectivity index (χ4n) is 3.96. The van der Waals surface area contributed by atoms with E-state index in [-0.39, 0.29) is 23.8 Å². The number of rotatable bonds is 5. The van der Waals surface area contributed by atoms with Crippen molar-refractivity contribution >= 4 is 17.5 Å². The molecule has 5 nitrogen and oxygen atoms in total. The Labute approximate surface area is 156 Å². The Kier molecular flexibility index (Phi) is 6.17. The molecule has 0 unspecified atom stereocenters. The van der Waals surface area contributed by atoms with Crippen molar-refractivity contribution in [1.29, 1.82) is 0 Å². The summed E-state index contributed by atoms with van der Waals surface area (Å²) in [6.45, 7) is 5.76. The second-order valence-electron chi connectivity index (χ2n) is 7.73. The van der Waals surface area contributed by atoms with Crippen molar-refractivity contribution in [3.05, 3.63) is 24.3 Å². The minimum Gasteiger partial charge on any atom is -0.489 e. The number of carbonyl (C=O) groups is 2. The highest BCUT2D eigenvalue weighted by atomic mass is 16.5. The van der Waals surface area contributed by atoms with Gasteiger partial charge in [-0.2, -0.15) is 0 Å². The number of amides is 2. The van der Waals surface area contributed by atoms with Gasteiger partial charge in [-0.3, -0.25) is 9.59 Å². The van der Waals surface area contributed by atoms with E-state index in [0.29, 0.717) is 11.7 Å². The van der Waals surface area contributed by atoms with E-state index >= 15 is 0 Å². The van der Waals surface area contributed by atoms with Crippen LogP contribution in [0.4, 0.5) is 5.69 Å². The Hall–Kier alpha value is -2.04. The molecule has 0 atom stereocenters. The van der Waals surface area contributed by atoms with Crippen LogP contribution in [-0.2, 0) is 9.59 Å². The standard InChI is InChI=1S/C21H30N2O3/c1-15(2)26-19-8-4-3-7-18(19)22-20(24)16-9-11-17(12-10-16)21(25)23-13-5-6-14-23/h3-4,7-8,15-17H,5-6,9-14H2,1-2H3,(H,22,24). The smallest absolute Gasteiger partial charge is 0.227 e. The number of hydrogen-bond donors (Lipinski definition) is 1. The van der Waals surface area contributed by atoms with Crippen LogP contribution in [0.1, 0.15) is 52.4 Å². The average molecular weight is 358 g/mol. The van der Waals surface area contributed by atoms with Crippen molar-refractivity contribution in [3.63, 3.8) is 0 Å². The van der Waals surface area contributed by atoms with Gasteiger partial charge in [-0.1, -0.05) is 12.1 Å². The molecule has 0 bridgehead atoms. The molecule has 5 heteroatoms. The summed E-state index contributed by atoms with van der Waals surface area (Å²) < 4.78 is 5.77. The molecule has 1 aromatic carbocycles. The second kappa shape index (κ2) is 8.56. The van der Waals surface area contributed by atoms with Gasteiger partial charge in [0.15, 0.2) is 0 Å². The molecule has 1 N–H and O–H groups in total. The van der Waals surface area contributed by atoms with Crippen LogP contribution < -0.4 is 10.1 Å². The summed E-state index contributed by atoms with van der Waals surface area (Å²) in [5, 5.41) is 3.03. The van der Waals surface area contributed by atoms with Crippen molar-refractivity contribution in [3.8, 4) is 5.75 Å². The zero-order valence-electron chi connectivity index (χ0n) is 15.9. The number of nitrogens with zero attached hydrogens (tertiary/aromatic N) is 1. The fraction of sp³-hybridized carbons (Fsp3) is 0.619. The number of para-hydroxylation sites is 2. The van der Waals surface area contributed by atoms with Crippen LogP contribution in [0.2, 0.25) is 0 Å². The Balaban J connectivity index is 1.53. The SMILES string of the molecule is CC(C)Oc1ccccc1NC(=O)C1CCC(C(=O)N2CCCC2)CC1. The number of benzene rings is 1. The molecular weight excluding hydrogens is 328 g/mol. The predicted molar refractivity (Wildman–Crippen MR) is 102 cm³/mol. The molecule has 26 heavy (non-hydrogen) atoms. The highest BCUT2D eigenvalue weighted by Crippen LogP contribution is 2.33. The van der Waals surface area contributed by atoms with Gasteiger partial charge in [0.2, 0.25) is 11.8 Å². The van der Waals surface area contributed by atoms with Gasteiger partial charge in [0.1, 0.15) is 5.75 Å². The maximum Gasteiger partial charge on any atom is 0.227 e. The van der Waals surface area contributed by atoms with Gasteiger partial charge < -0.3 is 15.0 Å². The molecule has 1 saturated carbocycles.